The third kappa shape index (κ3) is 3.45. The fraction of sp³-hybridized carbons (Fsp3) is 0.286. The van der Waals surface area contributed by atoms with E-state index in [1.807, 2.05) is 0 Å². The van der Waals surface area contributed by atoms with Gasteiger partial charge in [0.05, 0.1) is 22.2 Å². The van der Waals surface area contributed by atoms with E-state index in [0.29, 0.717) is 5.16 Å². The zero-order chi connectivity index (χ0) is 19.1. The first-order valence-corrected chi connectivity index (χ1v) is 8.19. The summed E-state index contributed by atoms with van der Waals surface area (Å²) in [7, 11) is 0. The van der Waals surface area contributed by atoms with Crippen molar-refractivity contribution in [1.29, 1.82) is 0 Å². The molecule has 12 heteroatoms. The van der Waals surface area contributed by atoms with E-state index in [9.17, 15) is 22.8 Å². The van der Waals surface area contributed by atoms with Gasteiger partial charge in [0.25, 0.3) is 0 Å². The van der Waals surface area contributed by atoms with Gasteiger partial charge in [-0.1, -0.05) is 11.8 Å². The summed E-state index contributed by atoms with van der Waals surface area (Å²) < 4.78 is 39.7. The van der Waals surface area contributed by atoms with E-state index in [4.69, 9.17) is 5.84 Å². The number of alkyl halides is 3. The van der Waals surface area contributed by atoms with Gasteiger partial charge >= 0.3 is 6.18 Å². The van der Waals surface area contributed by atoms with Crippen molar-refractivity contribution in [1.82, 2.24) is 14.9 Å². The largest absolute Gasteiger partial charge is 0.416 e. The Morgan fingerprint density at radius 3 is 2.77 bits per heavy atom. The van der Waals surface area contributed by atoms with Gasteiger partial charge in [0, 0.05) is 0 Å². The van der Waals surface area contributed by atoms with Crippen LogP contribution in [0.4, 0.5) is 24.5 Å². The van der Waals surface area contributed by atoms with Crippen LogP contribution in [-0.2, 0) is 15.8 Å². The number of nitrogens with two attached hydrogens (primary N) is 1. The van der Waals surface area contributed by atoms with E-state index in [1.165, 1.54) is 6.33 Å². The van der Waals surface area contributed by atoms with Crippen LogP contribution < -0.4 is 16.1 Å². The number of hydrogen-bond donors (Lipinski definition) is 2. The lowest BCUT2D eigenvalue weighted by molar-refractivity contribution is -0.137. The lowest BCUT2D eigenvalue weighted by Crippen LogP contribution is -2.45. The summed E-state index contributed by atoms with van der Waals surface area (Å²) in [5.74, 6) is 4.56. The van der Waals surface area contributed by atoms with Crippen molar-refractivity contribution in [3.05, 3.63) is 30.1 Å². The van der Waals surface area contributed by atoms with Gasteiger partial charge in [0.1, 0.15) is 12.9 Å². The van der Waals surface area contributed by atoms with Crippen LogP contribution in [0.5, 0.6) is 0 Å². The standard InChI is InChI=1S/C14H13F3N6O2S/c1-7(26-13-21-19-6-23(13)18)12(25)22-5-11(24)20-9-4-8(14(15,16)17)2-3-10(9)22/h2-4,6-7H,5,18H2,1H3,(H,20,24). The van der Waals surface area contributed by atoms with Crippen LogP contribution in [0.2, 0.25) is 0 Å². The Kier molecular flexibility index (Phi) is 4.52. The van der Waals surface area contributed by atoms with Crippen molar-refractivity contribution in [2.45, 2.75) is 23.5 Å². The molecule has 0 spiro atoms. The van der Waals surface area contributed by atoms with Gasteiger partial charge in [0.2, 0.25) is 17.0 Å². The number of benzene rings is 1. The Morgan fingerprint density at radius 2 is 2.15 bits per heavy atom. The Labute approximate surface area is 149 Å². The Hall–Kier alpha value is -2.76. The van der Waals surface area contributed by atoms with Crippen molar-refractivity contribution in [2.75, 3.05) is 22.6 Å². The molecule has 1 aromatic carbocycles. The average molecular weight is 386 g/mol. The number of nitrogens with one attached hydrogen (secondary N) is 1. The van der Waals surface area contributed by atoms with Gasteiger partial charge in [-0.3, -0.25) is 14.5 Å². The molecule has 0 aliphatic carbocycles. The molecule has 3 N–H and O–H groups in total. The zero-order valence-electron chi connectivity index (χ0n) is 13.3. The number of halogens is 3. The van der Waals surface area contributed by atoms with Crippen LogP contribution in [0.25, 0.3) is 0 Å². The topological polar surface area (TPSA) is 106 Å². The summed E-state index contributed by atoms with van der Waals surface area (Å²) in [5, 5.41) is 9.32. The quantitative estimate of drug-likeness (QED) is 0.611. The number of amides is 2. The minimum Gasteiger partial charge on any atom is -0.336 e. The molecule has 2 amide bonds. The molecule has 1 unspecified atom stereocenters. The maximum atomic E-state index is 12.9. The molecule has 1 atom stereocenters. The number of carbonyl (C=O) groups is 2. The molecule has 8 nitrogen and oxygen atoms in total. The number of anilines is 2. The van der Waals surface area contributed by atoms with Crippen LogP contribution in [-0.4, -0.2) is 38.5 Å². The maximum absolute atomic E-state index is 12.9. The molecule has 3 rings (SSSR count). The third-order valence-electron chi connectivity index (χ3n) is 3.63. The average Bonchev–Trinajstić information content (AvgIpc) is 2.96. The number of nitrogen functional groups attached to an aromatic ring is 1. The number of hydrogen-bond acceptors (Lipinski definition) is 6. The van der Waals surface area contributed by atoms with E-state index >= 15 is 0 Å². The van der Waals surface area contributed by atoms with Crippen LogP contribution in [0.1, 0.15) is 12.5 Å². The first kappa shape index (κ1) is 18.0. The van der Waals surface area contributed by atoms with Gasteiger partial charge in [-0.15, -0.1) is 10.2 Å². The molecule has 0 saturated carbocycles. The van der Waals surface area contributed by atoms with E-state index in [1.54, 1.807) is 6.92 Å². The molecule has 0 saturated heterocycles. The van der Waals surface area contributed by atoms with Gasteiger partial charge in [0.15, 0.2) is 0 Å². The van der Waals surface area contributed by atoms with Crippen molar-refractivity contribution in [3.8, 4) is 0 Å². The number of rotatable bonds is 3. The zero-order valence-corrected chi connectivity index (χ0v) is 14.1. The molecule has 0 bridgehead atoms. The molecular weight excluding hydrogens is 373 g/mol. The van der Waals surface area contributed by atoms with E-state index < -0.39 is 28.8 Å². The predicted molar refractivity (Wildman–Crippen MR) is 87.9 cm³/mol. The van der Waals surface area contributed by atoms with Crippen LogP contribution in [0.3, 0.4) is 0 Å². The predicted octanol–water partition coefficient (Wildman–Crippen LogP) is 1.48. The first-order valence-electron chi connectivity index (χ1n) is 7.31. The van der Waals surface area contributed by atoms with Crippen LogP contribution in [0.15, 0.2) is 29.7 Å². The van der Waals surface area contributed by atoms with Gasteiger partial charge in [-0.05, 0) is 25.1 Å². The van der Waals surface area contributed by atoms with Crippen molar-refractivity contribution in [2.24, 2.45) is 0 Å². The molecule has 1 aliphatic heterocycles. The molecule has 138 valence electrons. The fourth-order valence-electron chi connectivity index (χ4n) is 2.41. The Bertz CT molecular complexity index is 869. The highest BCUT2D eigenvalue weighted by atomic mass is 32.2. The number of thioether (sulfide) groups is 1. The van der Waals surface area contributed by atoms with Crippen LogP contribution >= 0.6 is 11.8 Å². The molecule has 1 aromatic heterocycles. The highest BCUT2D eigenvalue weighted by Gasteiger charge is 2.35. The molecule has 0 fully saturated rings. The lowest BCUT2D eigenvalue weighted by atomic mass is 10.1. The second-order valence-corrected chi connectivity index (χ2v) is 6.79. The van der Waals surface area contributed by atoms with E-state index in [2.05, 4.69) is 15.5 Å². The van der Waals surface area contributed by atoms with Gasteiger partial charge in [-0.2, -0.15) is 13.2 Å². The molecule has 1 aliphatic rings. The molecular formula is C14H13F3N6O2S. The molecule has 0 radical (unpaired) electrons. The van der Waals surface area contributed by atoms with Crippen molar-refractivity contribution < 1.29 is 22.8 Å². The molecule has 2 heterocycles. The summed E-state index contributed by atoms with van der Waals surface area (Å²) in [6.45, 7) is 1.29. The molecule has 26 heavy (non-hydrogen) atoms. The van der Waals surface area contributed by atoms with Gasteiger partial charge < -0.3 is 11.2 Å². The normalized spacial score (nSPS) is 15.4. The van der Waals surface area contributed by atoms with Crippen LogP contribution in [0, 0.1) is 0 Å². The van der Waals surface area contributed by atoms with E-state index in [-0.39, 0.29) is 17.9 Å². The molecule has 2 aromatic rings. The number of nitrogens with zero attached hydrogens (tertiary/aromatic N) is 4. The minimum atomic E-state index is -4.56. The smallest absolute Gasteiger partial charge is 0.336 e. The second kappa shape index (κ2) is 6.52. The summed E-state index contributed by atoms with van der Waals surface area (Å²) in [6.07, 6.45) is -3.29. The summed E-state index contributed by atoms with van der Waals surface area (Å²) in [6, 6.07) is 2.84. The first-order chi connectivity index (χ1) is 12.2. The van der Waals surface area contributed by atoms with E-state index in [0.717, 1.165) is 39.5 Å². The highest BCUT2D eigenvalue weighted by molar-refractivity contribution is 8.00. The number of carbonyl (C=O) groups excluding carboxylic acids is 2. The summed E-state index contributed by atoms with van der Waals surface area (Å²) in [5.41, 5.74) is -0.780. The van der Waals surface area contributed by atoms with Crippen molar-refractivity contribution in [3.63, 3.8) is 0 Å². The summed E-state index contributed by atoms with van der Waals surface area (Å²) >= 11 is 1.02. The maximum Gasteiger partial charge on any atom is 0.416 e. The Morgan fingerprint density at radius 1 is 1.42 bits per heavy atom. The SMILES string of the molecule is CC(Sc1nncn1N)C(=O)N1CC(=O)Nc2cc(C(F)(F)F)ccc21. The van der Waals surface area contributed by atoms with Gasteiger partial charge in [-0.25, -0.2) is 4.68 Å². The number of aromatic nitrogens is 3. The lowest BCUT2D eigenvalue weighted by Gasteiger charge is -2.31. The number of fused-ring (bicyclic) bond motifs is 1. The Balaban J connectivity index is 1.88. The third-order valence-corrected chi connectivity index (χ3v) is 4.69. The minimum absolute atomic E-state index is 0.0661. The van der Waals surface area contributed by atoms with Crippen molar-refractivity contribution >= 4 is 35.0 Å². The monoisotopic (exact) mass is 386 g/mol. The fourth-order valence-corrected chi connectivity index (χ4v) is 3.21. The highest BCUT2D eigenvalue weighted by Crippen LogP contribution is 2.37. The summed E-state index contributed by atoms with van der Waals surface area (Å²) in [4.78, 5) is 25.7. The second-order valence-electron chi connectivity index (χ2n) is 5.48.